The van der Waals surface area contributed by atoms with Crippen LogP contribution < -0.4 is 20.1 Å². The maximum atomic E-state index is 15.4. The van der Waals surface area contributed by atoms with Gasteiger partial charge in [-0.3, -0.25) is 43.7 Å². The number of methoxy groups -OCH3 is 1. The Bertz CT molecular complexity index is 2410. The third kappa shape index (κ3) is 8.60. The molecule has 1 atom stereocenters. The molecule has 2 fully saturated rings. The summed E-state index contributed by atoms with van der Waals surface area (Å²) in [4.78, 5) is 81.9. The number of piperidine rings is 2. The fraction of sp³-hybridized carbons (Fsp3) is 0.409. The molecule has 1 unspecified atom stereocenters. The number of anilines is 1. The molecule has 318 valence electrons. The van der Waals surface area contributed by atoms with Crippen molar-refractivity contribution in [3.63, 3.8) is 0 Å². The van der Waals surface area contributed by atoms with E-state index in [0.717, 1.165) is 43.1 Å². The largest absolute Gasteiger partial charge is 0.493 e. The second-order valence-electron chi connectivity index (χ2n) is 15.8. The Hall–Kier alpha value is -6.49. The Kier molecular flexibility index (Phi) is 11.9. The molecule has 4 aliphatic rings. The van der Waals surface area contributed by atoms with Crippen molar-refractivity contribution in [1.82, 2.24) is 35.0 Å². The number of aromatic nitrogens is 3. The predicted molar refractivity (Wildman–Crippen MR) is 217 cm³/mol. The second-order valence-corrected chi connectivity index (χ2v) is 15.8. The number of nitrogens with zero attached hydrogens (tertiary/aromatic N) is 6. The van der Waals surface area contributed by atoms with Crippen molar-refractivity contribution in [1.29, 1.82) is 0 Å². The van der Waals surface area contributed by atoms with Crippen LogP contribution in [0.5, 0.6) is 11.5 Å². The summed E-state index contributed by atoms with van der Waals surface area (Å²) in [5.74, 6) is -1.80. The Labute approximate surface area is 351 Å². The van der Waals surface area contributed by atoms with E-state index >= 15 is 4.39 Å². The van der Waals surface area contributed by atoms with E-state index in [1.165, 1.54) is 18.1 Å². The summed E-state index contributed by atoms with van der Waals surface area (Å²) in [5, 5.41) is 13.7. The van der Waals surface area contributed by atoms with Crippen LogP contribution in [-0.2, 0) is 40.4 Å². The van der Waals surface area contributed by atoms with Gasteiger partial charge in [-0.2, -0.15) is 0 Å². The molecule has 4 aliphatic heterocycles. The number of rotatable bonds is 15. The van der Waals surface area contributed by atoms with Gasteiger partial charge in [0.1, 0.15) is 11.9 Å². The predicted octanol–water partition coefficient (Wildman–Crippen LogP) is 4.22. The summed E-state index contributed by atoms with van der Waals surface area (Å²) in [6.45, 7) is 5.39. The molecule has 0 saturated carbocycles. The molecule has 2 N–H and O–H groups in total. The molecule has 0 spiro atoms. The fourth-order valence-corrected chi connectivity index (χ4v) is 8.69. The summed E-state index contributed by atoms with van der Waals surface area (Å²) in [6, 6.07) is 12.4. The quantitative estimate of drug-likeness (QED) is 0.164. The fourth-order valence-electron chi connectivity index (χ4n) is 8.69. The molecule has 3 aromatic carbocycles. The molecule has 17 heteroatoms. The van der Waals surface area contributed by atoms with Crippen LogP contribution in [0.3, 0.4) is 0 Å². The minimum atomic E-state index is -0.744. The smallest absolute Gasteiger partial charge is 0.263 e. The monoisotopic (exact) mass is 834 g/mol. The molecule has 16 nitrogen and oxygen atoms in total. The van der Waals surface area contributed by atoms with E-state index in [-0.39, 0.29) is 78.4 Å². The molecule has 0 bridgehead atoms. The van der Waals surface area contributed by atoms with E-state index in [1.807, 2.05) is 13.1 Å². The van der Waals surface area contributed by atoms with Crippen LogP contribution in [-0.4, -0.2) is 105 Å². The van der Waals surface area contributed by atoms with Crippen LogP contribution >= 0.6 is 0 Å². The van der Waals surface area contributed by atoms with E-state index < -0.39 is 29.6 Å². The Morgan fingerprint density at radius 3 is 2.54 bits per heavy atom. The van der Waals surface area contributed by atoms with Crippen molar-refractivity contribution in [3.05, 3.63) is 99.6 Å². The van der Waals surface area contributed by atoms with Gasteiger partial charge in [-0.1, -0.05) is 23.4 Å². The summed E-state index contributed by atoms with van der Waals surface area (Å²) >= 11 is 0. The van der Waals surface area contributed by atoms with Crippen LogP contribution in [0.15, 0.2) is 54.7 Å². The first-order chi connectivity index (χ1) is 29.5. The SMILES string of the molecule is CCOc1cc(CN2C(=O)c3cccc(NC(=O)CCCc4cn(CCN5CCC(c6cc7c(cc6F)C(=O)N(C6CCC(=O)NC6=O)C7)CC5)nn4)c3C2=O)ccc1OC. The van der Waals surface area contributed by atoms with E-state index in [4.69, 9.17) is 9.47 Å². The van der Waals surface area contributed by atoms with Crippen molar-refractivity contribution < 1.29 is 42.6 Å². The molecule has 0 radical (unpaired) electrons. The average molecular weight is 835 g/mol. The van der Waals surface area contributed by atoms with Gasteiger partial charge in [-0.15, -0.1) is 5.10 Å². The van der Waals surface area contributed by atoms with Gasteiger partial charge in [0.2, 0.25) is 17.7 Å². The lowest BCUT2D eigenvalue weighted by Crippen LogP contribution is -2.52. The lowest BCUT2D eigenvalue weighted by molar-refractivity contribution is -0.137. The molecule has 0 aliphatic carbocycles. The van der Waals surface area contributed by atoms with Crippen molar-refractivity contribution in [2.45, 2.75) is 83.5 Å². The number of benzene rings is 3. The first-order valence-electron chi connectivity index (χ1n) is 20.7. The topological polar surface area (TPSA) is 185 Å². The Balaban J connectivity index is 0.780. The molecule has 61 heavy (non-hydrogen) atoms. The maximum Gasteiger partial charge on any atom is 0.263 e. The summed E-state index contributed by atoms with van der Waals surface area (Å²) in [6.07, 6.45) is 4.96. The number of halogens is 1. The van der Waals surface area contributed by atoms with Crippen LogP contribution in [0.25, 0.3) is 0 Å². The van der Waals surface area contributed by atoms with Crippen molar-refractivity contribution in [2.75, 3.05) is 38.7 Å². The highest BCUT2D eigenvalue weighted by molar-refractivity contribution is 6.24. The van der Waals surface area contributed by atoms with Crippen LogP contribution in [0.4, 0.5) is 10.1 Å². The number of imide groups is 2. The minimum absolute atomic E-state index is 0.00285. The van der Waals surface area contributed by atoms with Gasteiger partial charge in [0.25, 0.3) is 17.7 Å². The van der Waals surface area contributed by atoms with E-state index in [1.54, 1.807) is 47.1 Å². The van der Waals surface area contributed by atoms with Gasteiger partial charge in [0.05, 0.1) is 49.3 Å². The Morgan fingerprint density at radius 1 is 0.951 bits per heavy atom. The highest BCUT2D eigenvalue weighted by atomic mass is 19.1. The van der Waals surface area contributed by atoms with E-state index in [0.29, 0.717) is 54.2 Å². The lowest BCUT2D eigenvalue weighted by Gasteiger charge is -2.32. The van der Waals surface area contributed by atoms with E-state index in [2.05, 4.69) is 25.8 Å². The highest BCUT2D eigenvalue weighted by Crippen LogP contribution is 2.36. The van der Waals surface area contributed by atoms with E-state index in [9.17, 15) is 28.8 Å². The van der Waals surface area contributed by atoms with Crippen LogP contribution in [0.2, 0.25) is 0 Å². The third-order valence-electron chi connectivity index (χ3n) is 11.9. The number of carbonyl (C=O) groups is 6. The summed E-state index contributed by atoms with van der Waals surface area (Å²) < 4.78 is 28.2. The zero-order valence-corrected chi connectivity index (χ0v) is 34.1. The van der Waals surface area contributed by atoms with Gasteiger partial charge in [-0.25, -0.2) is 4.39 Å². The number of amides is 6. The number of aryl methyl sites for hydroxylation is 1. The number of nitrogens with one attached hydrogen (secondary N) is 2. The van der Waals surface area contributed by atoms with Crippen LogP contribution in [0.1, 0.15) is 105 Å². The molecule has 2 saturated heterocycles. The van der Waals surface area contributed by atoms with Crippen molar-refractivity contribution in [2.24, 2.45) is 0 Å². The summed E-state index contributed by atoms with van der Waals surface area (Å²) in [5.41, 5.74) is 3.69. The number of hydrogen-bond donors (Lipinski definition) is 2. The van der Waals surface area contributed by atoms with Crippen LogP contribution in [0, 0.1) is 5.82 Å². The highest BCUT2D eigenvalue weighted by Gasteiger charge is 2.41. The molecule has 4 aromatic rings. The zero-order valence-electron chi connectivity index (χ0n) is 34.1. The Morgan fingerprint density at radius 2 is 1.77 bits per heavy atom. The molecule has 8 rings (SSSR count). The van der Waals surface area contributed by atoms with Gasteiger partial charge >= 0.3 is 0 Å². The average Bonchev–Trinajstić information content (AvgIpc) is 3.91. The number of ether oxygens (including phenoxy) is 2. The standard InChI is InChI=1S/C44H47FN8O8/c1-3-61-37-20-26(10-12-36(37)60-2)23-53-42(57)30-7-5-8-34(40(30)44(53)59)46-38(54)9-4-6-29-25-51(49-48-29)19-18-50-16-14-27(15-17-50)31-21-28-24-52(43(58)32(28)22-33(31)45)35-11-13-39(55)47-41(35)56/h5,7-8,10,12,20-22,25,27,35H,3-4,6,9,11,13-19,23-24H2,1-2H3,(H,46,54)(H,47,55,56). The lowest BCUT2D eigenvalue weighted by atomic mass is 9.87. The van der Waals surface area contributed by atoms with Gasteiger partial charge in [0, 0.05) is 37.7 Å². The maximum absolute atomic E-state index is 15.4. The molecular weight excluding hydrogens is 788 g/mol. The second kappa shape index (κ2) is 17.6. The number of fused-ring (bicyclic) bond motifs is 2. The van der Waals surface area contributed by atoms with Crippen molar-refractivity contribution >= 4 is 41.1 Å². The van der Waals surface area contributed by atoms with Gasteiger partial charge in [0.15, 0.2) is 11.5 Å². The molecular formula is C44H47FN8O8. The summed E-state index contributed by atoms with van der Waals surface area (Å²) in [7, 11) is 1.54. The zero-order chi connectivity index (χ0) is 42.8. The van der Waals surface area contributed by atoms with Crippen molar-refractivity contribution in [3.8, 4) is 11.5 Å². The normalized spacial score (nSPS) is 18.1. The first kappa shape index (κ1) is 41.3. The van der Waals surface area contributed by atoms with Gasteiger partial charge in [-0.05, 0) is 105 Å². The van der Waals surface area contributed by atoms with Gasteiger partial charge < -0.3 is 24.6 Å². The number of hydrogen-bond acceptors (Lipinski definition) is 11. The minimum Gasteiger partial charge on any atom is -0.493 e. The first-order valence-corrected chi connectivity index (χ1v) is 20.7. The molecule has 6 amide bonds. The third-order valence-corrected chi connectivity index (χ3v) is 11.9. The number of carbonyl (C=O) groups excluding carboxylic acids is 6. The molecule has 1 aromatic heterocycles. The number of likely N-dealkylation sites (tertiary alicyclic amines) is 1. The molecule has 5 heterocycles.